The summed E-state index contributed by atoms with van der Waals surface area (Å²) in [5.74, 6) is 1.99. The number of rotatable bonds is 3. The second kappa shape index (κ2) is 5.61. The van der Waals surface area contributed by atoms with Gasteiger partial charge in [0, 0.05) is 0 Å². The molecule has 0 aromatic heterocycles. The minimum atomic E-state index is 0.910. The molecule has 0 heterocycles. The zero-order valence-corrected chi connectivity index (χ0v) is 8.81. The quantitative estimate of drug-likeness (QED) is 0.548. The summed E-state index contributed by atoms with van der Waals surface area (Å²) in [5.41, 5.74) is 0. The molecule has 0 nitrogen and oxygen atoms in total. The van der Waals surface area contributed by atoms with E-state index in [4.69, 9.17) is 0 Å². The lowest BCUT2D eigenvalue weighted by Crippen LogP contribution is -2.00. The first kappa shape index (κ1) is 10.1. The van der Waals surface area contributed by atoms with Crippen LogP contribution in [-0.2, 0) is 0 Å². The maximum absolute atomic E-state index is 2.34. The van der Waals surface area contributed by atoms with E-state index < -0.39 is 0 Å². The molecule has 0 heteroatoms. The Kier molecular flexibility index (Phi) is 4.72. The fraction of sp³-hybridized carbons (Fsp3) is 1.00. The summed E-state index contributed by atoms with van der Waals surface area (Å²) in [5, 5.41) is 0. The number of hydrogen-bond acceptors (Lipinski definition) is 0. The predicted octanol–water partition coefficient (Wildman–Crippen LogP) is 4.39. The van der Waals surface area contributed by atoms with Crippen molar-refractivity contribution in [3.05, 3.63) is 0 Å². The normalized spacial score (nSPS) is 21.2. The van der Waals surface area contributed by atoms with Crippen molar-refractivity contribution in [2.45, 2.75) is 65.2 Å². The first-order valence-corrected chi connectivity index (χ1v) is 5.79. The van der Waals surface area contributed by atoms with Crippen LogP contribution < -0.4 is 0 Å². The Bertz CT molecular complexity index is 96.6. The summed E-state index contributed by atoms with van der Waals surface area (Å²) in [6.07, 6.45) is 12.0. The second-order valence-corrected chi connectivity index (χ2v) is 4.83. The highest BCUT2D eigenvalue weighted by Gasteiger charge is 2.11. The Balaban J connectivity index is 2.12. The molecule has 0 amide bonds. The van der Waals surface area contributed by atoms with Crippen LogP contribution in [0.15, 0.2) is 0 Å². The summed E-state index contributed by atoms with van der Waals surface area (Å²) in [6.45, 7) is 4.69. The topological polar surface area (TPSA) is 0 Å². The standard InChI is InChI=1S/C12H24/c1-11(2)9-10-12-7-5-3-4-6-8-12/h11-12H,3-10H2,1-2H3. The van der Waals surface area contributed by atoms with E-state index in [1.54, 1.807) is 0 Å². The van der Waals surface area contributed by atoms with E-state index in [0.717, 1.165) is 11.8 Å². The Labute approximate surface area is 77.7 Å². The third kappa shape index (κ3) is 4.13. The van der Waals surface area contributed by atoms with Gasteiger partial charge in [0.05, 0.1) is 0 Å². The molecule has 1 saturated carbocycles. The highest BCUT2D eigenvalue weighted by Crippen LogP contribution is 2.27. The highest BCUT2D eigenvalue weighted by atomic mass is 14.2. The molecule has 0 spiro atoms. The van der Waals surface area contributed by atoms with Crippen LogP contribution >= 0.6 is 0 Å². The van der Waals surface area contributed by atoms with E-state index in [1.165, 1.54) is 51.4 Å². The lowest BCUT2D eigenvalue weighted by atomic mass is 9.92. The van der Waals surface area contributed by atoms with Crippen molar-refractivity contribution in [1.82, 2.24) is 0 Å². The highest BCUT2D eigenvalue weighted by molar-refractivity contribution is 4.65. The van der Waals surface area contributed by atoms with Crippen molar-refractivity contribution in [2.75, 3.05) is 0 Å². The predicted molar refractivity (Wildman–Crippen MR) is 55.3 cm³/mol. The average Bonchev–Trinajstić information content (AvgIpc) is 2.28. The molecule has 1 aliphatic carbocycles. The molecule has 0 aromatic carbocycles. The Morgan fingerprint density at radius 3 is 2.08 bits per heavy atom. The van der Waals surface area contributed by atoms with Crippen molar-refractivity contribution in [3.63, 3.8) is 0 Å². The van der Waals surface area contributed by atoms with E-state index >= 15 is 0 Å². The summed E-state index contributed by atoms with van der Waals surface area (Å²) in [4.78, 5) is 0. The van der Waals surface area contributed by atoms with Gasteiger partial charge in [0.15, 0.2) is 0 Å². The molecule has 12 heavy (non-hydrogen) atoms. The van der Waals surface area contributed by atoms with Crippen molar-refractivity contribution < 1.29 is 0 Å². The molecule has 0 aromatic rings. The fourth-order valence-electron chi connectivity index (χ4n) is 2.22. The summed E-state index contributed by atoms with van der Waals surface area (Å²) < 4.78 is 0. The Morgan fingerprint density at radius 1 is 1.00 bits per heavy atom. The molecule has 1 aliphatic rings. The van der Waals surface area contributed by atoms with Crippen LogP contribution in [0.5, 0.6) is 0 Å². The van der Waals surface area contributed by atoms with E-state index in [1.807, 2.05) is 0 Å². The molecule has 0 aliphatic heterocycles. The molecule has 1 fully saturated rings. The van der Waals surface area contributed by atoms with Gasteiger partial charge >= 0.3 is 0 Å². The monoisotopic (exact) mass is 168 g/mol. The van der Waals surface area contributed by atoms with E-state index in [-0.39, 0.29) is 0 Å². The first-order valence-electron chi connectivity index (χ1n) is 5.79. The van der Waals surface area contributed by atoms with Crippen LogP contribution in [0, 0.1) is 11.8 Å². The van der Waals surface area contributed by atoms with Crippen LogP contribution in [0.4, 0.5) is 0 Å². The summed E-state index contributed by atoms with van der Waals surface area (Å²) in [7, 11) is 0. The third-order valence-corrected chi connectivity index (χ3v) is 3.13. The van der Waals surface area contributed by atoms with Crippen LogP contribution in [0.25, 0.3) is 0 Å². The first-order chi connectivity index (χ1) is 5.79. The zero-order valence-electron chi connectivity index (χ0n) is 8.81. The van der Waals surface area contributed by atoms with Gasteiger partial charge in [0.1, 0.15) is 0 Å². The molecule has 1 rings (SSSR count). The van der Waals surface area contributed by atoms with Crippen molar-refractivity contribution >= 4 is 0 Å². The molecule has 72 valence electrons. The number of hydrogen-bond donors (Lipinski definition) is 0. The maximum atomic E-state index is 2.34. The zero-order chi connectivity index (χ0) is 8.81. The lowest BCUT2D eigenvalue weighted by molar-refractivity contribution is 0.384. The minimum Gasteiger partial charge on any atom is -0.0628 e. The summed E-state index contributed by atoms with van der Waals surface area (Å²) in [6, 6.07) is 0. The third-order valence-electron chi connectivity index (χ3n) is 3.13. The molecule has 0 unspecified atom stereocenters. The molecular weight excluding hydrogens is 144 g/mol. The Morgan fingerprint density at radius 2 is 1.58 bits per heavy atom. The molecule has 0 radical (unpaired) electrons. The Hall–Kier alpha value is 0. The van der Waals surface area contributed by atoms with E-state index in [9.17, 15) is 0 Å². The molecular formula is C12H24. The van der Waals surface area contributed by atoms with Gasteiger partial charge in [-0.3, -0.25) is 0 Å². The van der Waals surface area contributed by atoms with E-state index in [0.29, 0.717) is 0 Å². The summed E-state index contributed by atoms with van der Waals surface area (Å²) >= 11 is 0. The maximum Gasteiger partial charge on any atom is -0.0414 e. The largest absolute Gasteiger partial charge is 0.0628 e. The smallest absolute Gasteiger partial charge is 0.0414 e. The van der Waals surface area contributed by atoms with Crippen LogP contribution in [-0.4, -0.2) is 0 Å². The SMILES string of the molecule is CC(C)CCC1CCCCCC1. The molecule has 0 bridgehead atoms. The van der Waals surface area contributed by atoms with Gasteiger partial charge in [0.2, 0.25) is 0 Å². The van der Waals surface area contributed by atoms with Gasteiger partial charge in [0.25, 0.3) is 0 Å². The van der Waals surface area contributed by atoms with Crippen molar-refractivity contribution in [3.8, 4) is 0 Å². The van der Waals surface area contributed by atoms with Crippen LogP contribution in [0.3, 0.4) is 0 Å². The van der Waals surface area contributed by atoms with Gasteiger partial charge in [-0.15, -0.1) is 0 Å². The lowest BCUT2D eigenvalue weighted by Gasteiger charge is -2.14. The van der Waals surface area contributed by atoms with Crippen molar-refractivity contribution in [2.24, 2.45) is 11.8 Å². The van der Waals surface area contributed by atoms with Crippen LogP contribution in [0.1, 0.15) is 65.2 Å². The minimum absolute atomic E-state index is 0.910. The molecule has 0 N–H and O–H groups in total. The average molecular weight is 168 g/mol. The fourth-order valence-corrected chi connectivity index (χ4v) is 2.22. The molecule has 0 atom stereocenters. The van der Waals surface area contributed by atoms with Crippen molar-refractivity contribution in [1.29, 1.82) is 0 Å². The van der Waals surface area contributed by atoms with E-state index in [2.05, 4.69) is 13.8 Å². The molecule has 0 saturated heterocycles. The van der Waals surface area contributed by atoms with Gasteiger partial charge in [-0.2, -0.15) is 0 Å². The van der Waals surface area contributed by atoms with Gasteiger partial charge in [-0.25, -0.2) is 0 Å². The van der Waals surface area contributed by atoms with Gasteiger partial charge in [-0.1, -0.05) is 65.2 Å². The van der Waals surface area contributed by atoms with Gasteiger partial charge in [-0.05, 0) is 11.8 Å². The van der Waals surface area contributed by atoms with Crippen LogP contribution in [0.2, 0.25) is 0 Å². The second-order valence-electron chi connectivity index (χ2n) is 4.83. The van der Waals surface area contributed by atoms with Gasteiger partial charge < -0.3 is 0 Å².